The molecule has 0 heterocycles. The maximum absolute atomic E-state index is 12.6. The second-order valence-corrected chi connectivity index (χ2v) is 5.50. The largest absolute Gasteiger partial charge is 0.465 e. The lowest BCUT2D eigenvalue weighted by atomic mass is 9.83. The smallest absolute Gasteiger partial charge is 0.337 e. The van der Waals surface area contributed by atoms with Crippen LogP contribution in [-0.2, 0) is 4.74 Å². The van der Waals surface area contributed by atoms with Crippen molar-refractivity contribution in [2.45, 2.75) is 0 Å². The summed E-state index contributed by atoms with van der Waals surface area (Å²) in [6.07, 6.45) is 0. The minimum atomic E-state index is -0.592. The molecule has 4 nitrogen and oxygen atoms in total. The molecule has 0 unspecified atom stereocenters. The highest BCUT2D eigenvalue weighted by Crippen LogP contribution is 2.36. The number of fused-ring (bicyclic) bond motifs is 2. The number of esters is 1. The summed E-state index contributed by atoms with van der Waals surface area (Å²) in [4.78, 5) is 36.8. The number of carbonyl (C=O) groups excluding carboxylic acids is 3. The highest BCUT2D eigenvalue weighted by molar-refractivity contribution is 6.43. The van der Waals surface area contributed by atoms with Crippen molar-refractivity contribution in [3.8, 4) is 0 Å². The molecule has 0 saturated carbocycles. The van der Waals surface area contributed by atoms with Gasteiger partial charge in [-0.15, -0.1) is 0 Å². The average molecular weight is 335 g/mol. The summed E-state index contributed by atoms with van der Waals surface area (Å²) < 4.78 is 4.62. The standard InChI is InChI=1S/C16H8Cl2O4/c1-22-16(21)7-2-3-8-9(6-7)15(20)13-11(18)5-4-10(17)12(13)14(8)19/h2-6H,1H3. The fourth-order valence-corrected chi connectivity index (χ4v) is 2.93. The summed E-state index contributed by atoms with van der Waals surface area (Å²) in [5, 5.41) is 0.312. The van der Waals surface area contributed by atoms with E-state index in [0.717, 1.165) is 0 Å². The van der Waals surface area contributed by atoms with E-state index in [1.807, 2.05) is 0 Å². The van der Waals surface area contributed by atoms with E-state index in [2.05, 4.69) is 4.74 Å². The van der Waals surface area contributed by atoms with Crippen LogP contribution in [0.15, 0.2) is 30.3 Å². The minimum Gasteiger partial charge on any atom is -0.465 e. The SMILES string of the molecule is COC(=O)c1ccc2c(c1)C(=O)c1c(Cl)ccc(Cl)c1C2=O. The predicted molar refractivity (Wildman–Crippen MR) is 81.1 cm³/mol. The Balaban J connectivity index is 2.27. The van der Waals surface area contributed by atoms with Crippen molar-refractivity contribution in [2.75, 3.05) is 7.11 Å². The van der Waals surface area contributed by atoms with Crippen LogP contribution in [0.1, 0.15) is 42.2 Å². The van der Waals surface area contributed by atoms with Gasteiger partial charge in [-0.05, 0) is 30.3 Å². The molecule has 0 N–H and O–H groups in total. The summed E-state index contributed by atoms with van der Waals surface area (Å²) in [7, 11) is 1.24. The molecule has 3 rings (SSSR count). The van der Waals surface area contributed by atoms with Crippen LogP contribution < -0.4 is 0 Å². The first-order valence-electron chi connectivity index (χ1n) is 6.25. The van der Waals surface area contributed by atoms with Gasteiger partial charge in [-0.25, -0.2) is 4.79 Å². The topological polar surface area (TPSA) is 60.4 Å². The van der Waals surface area contributed by atoms with Gasteiger partial charge in [0.05, 0.1) is 33.8 Å². The van der Waals surface area contributed by atoms with Gasteiger partial charge in [0, 0.05) is 11.1 Å². The van der Waals surface area contributed by atoms with Crippen LogP contribution in [0.25, 0.3) is 0 Å². The van der Waals surface area contributed by atoms with Crippen LogP contribution in [0.5, 0.6) is 0 Å². The molecule has 0 spiro atoms. The Morgan fingerprint density at radius 1 is 0.909 bits per heavy atom. The normalized spacial score (nSPS) is 12.7. The molecule has 2 aromatic rings. The van der Waals surface area contributed by atoms with Crippen molar-refractivity contribution >= 4 is 40.7 Å². The zero-order chi connectivity index (χ0) is 16.0. The molecule has 0 amide bonds. The van der Waals surface area contributed by atoms with Crippen LogP contribution in [0.4, 0.5) is 0 Å². The van der Waals surface area contributed by atoms with Gasteiger partial charge in [0.15, 0.2) is 11.6 Å². The quantitative estimate of drug-likeness (QED) is 0.638. The van der Waals surface area contributed by atoms with E-state index < -0.39 is 17.5 Å². The van der Waals surface area contributed by atoms with Gasteiger partial charge >= 0.3 is 5.97 Å². The van der Waals surface area contributed by atoms with Crippen LogP contribution in [0.2, 0.25) is 10.0 Å². The van der Waals surface area contributed by atoms with E-state index in [0.29, 0.717) is 0 Å². The first kappa shape index (κ1) is 14.8. The lowest BCUT2D eigenvalue weighted by molar-refractivity contribution is 0.0600. The average Bonchev–Trinajstić information content (AvgIpc) is 2.53. The fraction of sp³-hybridized carbons (Fsp3) is 0.0625. The number of ketones is 2. The summed E-state index contributed by atoms with van der Waals surface area (Å²) in [5.74, 6) is -1.43. The number of halogens is 2. The van der Waals surface area contributed by atoms with Gasteiger partial charge < -0.3 is 4.74 Å². The van der Waals surface area contributed by atoms with Crippen molar-refractivity contribution in [3.63, 3.8) is 0 Å². The van der Waals surface area contributed by atoms with Crippen molar-refractivity contribution < 1.29 is 19.1 Å². The number of methoxy groups -OCH3 is 1. The van der Waals surface area contributed by atoms with Crippen LogP contribution in [-0.4, -0.2) is 24.6 Å². The third-order valence-electron chi connectivity index (χ3n) is 3.49. The number of hydrogen-bond acceptors (Lipinski definition) is 4. The Hall–Kier alpha value is -2.17. The van der Waals surface area contributed by atoms with Crippen molar-refractivity contribution in [1.82, 2.24) is 0 Å². The van der Waals surface area contributed by atoms with E-state index >= 15 is 0 Å². The molecule has 0 radical (unpaired) electrons. The lowest BCUT2D eigenvalue weighted by Gasteiger charge is -2.19. The number of carbonyl (C=O) groups is 3. The van der Waals surface area contributed by atoms with Crippen molar-refractivity contribution in [1.29, 1.82) is 0 Å². The predicted octanol–water partition coefficient (Wildman–Crippen LogP) is 3.56. The van der Waals surface area contributed by atoms with Crippen molar-refractivity contribution in [3.05, 3.63) is 68.2 Å². The molecule has 0 aliphatic heterocycles. The molecule has 0 saturated heterocycles. The molecule has 1 aliphatic rings. The maximum Gasteiger partial charge on any atom is 0.337 e. The molecule has 1 aliphatic carbocycles. The van der Waals surface area contributed by atoms with E-state index in [-0.39, 0.29) is 37.9 Å². The van der Waals surface area contributed by atoms with Gasteiger partial charge in [0.25, 0.3) is 0 Å². The Bertz CT molecular complexity index is 855. The van der Waals surface area contributed by atoms with Crippen LogP contribution >= 0.6 is 23.2 Å². The maximum atomic E-state index is 12.6. The van der Waals surface area contributed by atoms with Gasteiger partial charge in [-0.1, -0.05) is 23.2 Å². The van der Waals surface area contributed by atoms with E-state index in [9.17, 15) is 14.4 Å². The third-order valence-corrected chi connectivity index (χ3v) is 4.12. The van der Waals surface area contributed by atoms with E-state index in [1.54, 1.807) is 0 Å². The highest BCUT2D eigenvalue weighted by Gasteiger charge is 2.33. The Morgan fingerprint density at radius 2 is 1.45 bits per heavy atom. The molecule has 0 aromatic heterocycles. The summed E-state index contributed by atoms with van der Waals surface area (Å²) in [6.45, 7) is 0. The zero-order valence-electron chi connectivity index (χ0n) is 11.3. The summed E-state index contributed by atoms with van der Waals surface area (Å²) in [6, 6.07) is 7.12. The molecule has 6 heteroatoms. The van der Waals surface area contributed by atoms with Gasteiger partial charge in [0.2, 0.25) is 0 Å². The summed E-state index contributed by atoms with van der Waals surface area (Å²) >= 11 is 12.1. The fourth-order valence-electron chi connectivity index (χ4n) is 2.44. The molecule has 0 fully saturated rings. The Morgan fingerprint density at radius 3 is 2.00 bits per heavy atom. The zero-order valence-corrected chi connectivity index (χ0v) is 12.8. The minimum absolute atomic E-state index is 0.0636. The molecule has 0 atom stereocenters. The Kier molecular flexibility index (Phi) is 3.51. The molecular weight excluding hydrogens is 327 g/mol. The van der Waals surface area contributed by atoms with Crippen molar-refractivity contribution in [2.24, 2.45) is 0 Å². The van der Waals surface area contributed by atoms with Crippen LogP contribution in [0, 0.1) is 0 Å². The highest BCUT2D eigenvalue weighted by atomic mass is 35.5. The van der Waals surface area contributed by atoms with Gasteiger partial charge in [-0.2, -0.15) is 0 Å². The number of hydrogen-bond donors (Lipinski definition) is 0. The first-order valence-corrected chi connectivity index (χ1v) is 7.01. The summed E-state index contributed by atoms with van der Waals surface area (Å²) in [5.41, 5.74) is 0.647. The lowest BCUT2D eigenvalue weighted by Crippen LogP contribution is -2.22. The van der Waals surface area contributed by atoms with Gasteiger partial charge in [-0.3, -0.25) is 9.59 Å². The molecule has 22 heavy (non-hydrogen) atoms. The number of ether oxygens (including phenoxy) is 1. The molecule has 2 aromatic carbocycles. The number of benzene rings is 2. The van der Waals surface area contributed by atoms with E-state index in [1.165, 1.54) is 37.4 Å². The number of rotatable bonds is 1. The second-order valence-electron chi connectivity index (χ2n) is 4.69. The third kappa shape index (κ3) is 2.03. The molecule has 0 bridgehead atoms. The molecular formula is C16H8Cl2O4. The molecule has 110 valence electrons. The van der Waals surface area contributed by atoms with Gasteiger partial charge in [0.1, 0.15) is 0 Å². The Labute approximate surface area is 135 Å². The monoisotopic (exact) mass is 334 g/mol. The first-order chi connectivity index (χ1) is 10.5. The van der Waals surface area contributed by atoms with E-state index in [4.69, 9.17) is 23.2 Å². The second kappa shape index (κ2) is 5.23. The van der Waals surface area contributed by atoms with Crippen LogP contribution in [0.3, 0.4) is 0 Å².